The molecule has 0 saturated heterocycles. The third-order valence-electron chi connectivity index (χ3n) is 5.56. The molecule has 7 nitrogen and oxygen atoms in total. The molecule has 1 aliphatic rings. The van der Waals surface area contributed by atoms with Crippen molar-refractivity contribution in [2.75, 3.05) is 26.1 Å². The fourth-order valence-electron chi connectivity index (χ4n) is 3.88. The zero-order chi connectivity index (χ0) is 22.9. The molecule has 1 aliphatic heterocycles. The summed E-state index contributed by atoms with van der Waals surface area (Å²) in [7, 11) is 0.906. The Morgan fingerprint density at radius 3 is 2.19 bits per heavy atom. The number of methoxy groups -OCH3 is 3. The summed E-state index contributed by atoms with van der Waals surface area (Å²) in [5, 5.41) is 0. The van der Waals surface area contributed by atoms with Gasteiger partial charge < -0.3 is 18.9 Å². The Bertz CT molecular complexity index is 1230. The lowest BCUT2D eigenvalue weighted by atomic mass is 9.92. The fourth-order valence-corrected chi connectivity index (χ4v) is 4.96. The first kappa shape index (κ1) is 21.8. The van der Waals surface area contributed by atoms with Crippen molar-refractivity contribution in [3.8, 4) is 23.0 Å². The van der Waals surface area contributed by atoms with Crippen molar-refractivity contribution in [3.05, 3.63) is 71.8 Å². The molecule has 0 amide bonds. The van der Waals surface area contributed by atoms with Crippen LogP contribution in [0, 0.1) is 0 Å². The van der Waals surface area contributed by atoms with Crippen LogP contribution < -0.4 is 23.7 Å². The molecule has 0 fully saturated rings. The highest BCUT2D eigenvalue weighted by atomic mass is 32.2. The number of anilines is 1. The lowest BCUT2D eigenvalue weighted by Crippen LogP contribution is -2.13. The van der Waals surface area contributed by atoms with Gasteiger partial charge in [-0.15, -0.1) is 0 Å². The number of hydrogen-bond acceptors (Lipinski definition) is 6. The molecule has 3 aromatic rings. The van der Waals surface area contributed by atoms with Crippen LogP contribution in [0.4, 0.5) is 5.69 Å². The number of nitrogens with one attached hydrogen (secondary N) is 1. The first-order valence-electron chi connectivity index (χ1n) is 10.1. The molecule has 4 rings (SSSR count). The van der Waals surface area contributed by atoms with E-state index in [2.05, 4.69) is 4.72 Å². The zero-order valence-corrected chi connectivity index (χ0v) is 19.1. The van der Waals surface area contributed by atoms with E-state index in [1.165, 1.54) is 7.11 Å². The summed E-state index contributed by atoms with van der Waals surface area (Å²) in [6.45, 7) is 2.04. The summed E-state index contributed by atoms with van der Waals surface area (Å²) < 4.78 is 50.8. The number of hydrogen-bond donors (Lipinski definition) is 1. The van der Waals surface area contributed by atoms with Crippen LogP contribution in [0.25, 0.3) is 0 Å². The van der Waals surface area contributed by atoms with Gasteiger partial charge in [-0.3, -0.25) is 4.72 Å². The second-order valence-corrected chi connectivity index (χ2v) is 9.13. The summed E-state index contributed by atoms with van der Waals surface area (Å²) in [5.41, 5.74) is 2.17. The molecule has 0 saturated carbocycles. The lowest BCUT2D eigenvalue weighted by Gasteiger charge is -2.17. The van der Waals surface area contributed by atoms with E-state index in [9.17, 15) is 8.42 Å². The molecule has 0 spiro atoms. The maximum atomic E-state index is 12.8. The fraction of sp³-hybridized carbons (Fsp3) is 0.250. The number of sulfonamides is 1. The molecule has 8 heteroatoms. The summed E-state index contributed by atoms with van der Waals surface area (Å²) in [6.07, 6.45) is -0.268. The minimum atomic E-state index is -3.76. The molecule has 0 aromatic heterocycles. The Morgan fingerprint density at radius 2 is 1.53 bits per heavy atom. The lowest BCUT2D eigenvalue weighted by molar-refractivity contribution is 0.214. The SMILES string of the molecule is COc1cc2c(cc1NS(=O)(=O)c1ccccc1)[C@H](C)C(c1ccc(OC)c(OC)c1)O2. The second kappa shape index (κ2) is 8.63. The summed E-state index contributed by atoms with van der Waals surface area (Å²) in [5.74, 6) is 2.25. The predicted molar refractivity (Wildman–Crippen MR) is 122 cm³/mol. The highest BCUT2D eigenvalue weighted by molar-refractivity contribution is 7.92. The number of benzene rings is 3. The Kier molecular flexibility index (Phi) is 5.88. The maximum absolute atomic E-state index is 12.8. The molecule has 0 bridgehead atoms. The maximum Gasteiger partial charge on any atom is 0.262 e. The summed E-state index contributed by atoms with van der Waals surface area (Å²) in [4.78, 5) is 0.176. The molecular weight excluding hydrogens is 430 g/mol. The van der Waals surface area contributed by atoms with Gasteiger partial charge in [0.1, 0.15) is 17.6 Å². The van der Waals surface area contributed by atoms with Crippen molar-refractivity contribution in [1.29, 1.82) is 0 Å². The largest absolute Gasteiger partial charge is 0.494 e. The Labute approximate surface area is 187 Å². The van der Waals surface area contributed by atoms with Crippen LogP contribution in [-0.4, -0.2) is 29.7 Å². The number of ether oxygens (including phenoxy) is 4. The standard InChI is InChI=1S/C24H25NO6S/c1-15-18-13-19(25-32(26,27)17-8-6-5-7-9-17)22(29-3)14-21(18)31-24(15)16-10-11-20(28-2)23(12-16)30-4/h5-15,24-25H,1-4H3/t15-,24?/m0/s1. The van der Waals surface area contributed by atoms with E-state index in [0.29, 0.717) is 28.7 Å². The van der Waals surface area contributed by atoms with Gasteiger partial charge in [0.05, 0.1) is 31.9 Å². The van der Waals surface area contributed by atoms with E-state index < -0.39 is 10.0 Å². The number of fused-ring (bicyclic) bond motifs is 1. The van der Waals surface area contributed by atoms with Crippen LogP contribution in [0.2, 0.25) is 0 Å². The van der Waals surface area contributed by atoms with Crippen molar-refractivity contribution in [3.63, 3.8) is 0 Å². The minimum Gasteiger partial charge on any atom is -0.494 e. The molecule has 0 radical (unpaired) electrons. The molecule has 3 aromatic carbocycles. The molecule has 168 valence electrons. The van der Waals surface area contributed by atoms with Gasteiger partial charge in [-0.1, -0.05) is 31.2 Å². The van der Waals surface area contributed by atoms with Crippen molar-refractivity contribution in [1.82, 2.24) is 0 Å². The Morgan fingerprint density at radius 1 is 0.844 bits per heavy atom. The summed E-state index contributed by atoms with van der Waals surface area (Å²) in [6, 6.07) is 17.4. The van der Waals surface area contributed by atoms with Gasteiger partial charge in [-0.2, -0.15) is 0 Å². The van der Waals surface area contributed by atoms with Crippen LogP contribution in [0.3, 0.4) is 0 Å². The summed E-state index contributed by atoms with van der Waals surface area (Å²) >= 11 is 0. The van der Waals surface area contributed by atoms with Crippen LogP contribution in [0.5, 0.6) is 23.0 Å². The van der Waals surface area contributed by atoms with Crippen LogP contribution in [0.15, 0.2) is 65.6 Å². The topological polar surface area (TPSA) is 83.1 Å². The average molecular weight is 456 g/mol. The average Bonchev–Trinajstić information content (AvgIpc) is 3.13. The van der Waals surface area contributed by atoms with Crippen molar-refractivity contribution in [2.45, 2.75) is 23.8 Å². The van der Waals surface area contributed by atoms with Crippen LogP contribution in [0.1, 0.15) is 30.1 Å². The normalized spacial score (nSPS) is 17.2. The van der Waals surface area contributed by atoms with Crippen molar-refractivity contribution < 1.29 is 27.4 Å². The van der Waals surface area contributed by atoms with Crippen LogP contribution in [-0.2, 0) is 10.0 Å². The van der Waals surface area contributed by atoms with Gasteiger partial charge in [0.2, 0.25) is 0 Å². The molecule has 0 aliphatic carbocycles. The predicted octanol–water partition coefficient (Wildman–Crippen LogP) is 4.75. The quantitative estimate of drug-likeness (QED) is 0.554. The van der Waals surface area contributed by atoms with Crippen molar-refractivity contribution in [2.24, 2.45) is 0 Å². The molecular formula is C24H25NO6S. The highest BCUT2D eigenvalue weighted by Gasteiger charge is 2.34. The van der Waals surface area contributed by atoms with E-state index in [4.69, 9.17) is 18.9 Å². The van der Waals surface area contributed by atoms with E-state index in [-0.39, 0.29) is 16.9 Å². The van der Waals surface area contributed by atoms with Gasteiger partial charge in [0, 0.05) is 17.5 Å². The van der Waals surface area contributed by atoms with Gasteiger partial charge in [0.25, 0.3) is 10.0 Å². The molecule has 2 atom stereocenters. The molecule has 1 unspecified atom stereocenters. The van der Waals surface area contributed by atoms with Gasteiger partial charge in [-0.25, -0.2) is 8.42 Å². The van der Waals surface area contributed by atoms with Crippen LogP contribution >= 0.6 is 0 Å². The second-order valence-electron chi connectivity index (χ2n) is 7.45. The number of rotatable bonds is 7. The van der Waals surface area contributed by atoms with E-state index in [1.807, 2.05) is 25.1 Å². The molecule has 1 heterocycles. The highest BCUT2D eigenvalue weighted by Crippen LogP contribution is 2.50. The minimum absolute atomic E-state index is 0.0333. The van der Waals surface area contributed by atoms with E-state index in [1.54, 1.807) is 56.7 Å². The monoisotopic (exact) mass is 455 g/mol. The third kappa shape index (κ3) is 3.93. The Hall–Kier alpha value is -3.39. The Balaban J connectivity index is 1.68. The van der Waals surface area contributed by atoms with E-state index in [0.717, 1.165) is 11.1 Å². The first-order valence-corrected chi connectivity index (χ1v) is 11.5. The van der Waals surface area contributed by atoms with Gasteiger partial charge >= 0.3 is 0 Å². The van der Waals surface area contributed by atoms with Crippen molar-refractivity contribution >= 4 is 15.7 Å². The smallest absolute Gasteiger partial charge is 0.262 e. The van der Waals surface area contributed by atoms with E-state index >= 15 is 0 Å². The van der Waals surface area contributed by atoms with Gasteiger partial charge in [-0.05, 0) is 35.9 Å². The molecule has 1 N–H and O–H groups in total. The third-order valence-corrected chi connectivity index (χ3v) is 6.95. The molecule has 32 heavy (non-hydrogen) atoms. The first-order chi connectivity index (χ1) is 15.4. The zero-order valence-electron chi connectivity index (χ0n) is 18.3. The van der Waals surface area contributed by atoms with Gasteiger partial charge in [0.15, 0.2) is 11.5 Å².